The third kappa shape index (κ3) is 2.15. The lowest BCUT2D eigenvalue weighted by atomic mass is 9.87. The molecule has 0 amide bonds. The average Bonchev–Trinajstić information content (AvgIpc) is 2.66. The quantitative estimate of drug-likeness (QED) is 0.845. The molecule has 0 atom stereocenters. The van der Waals surface area contributed by atoms with Crippen LogP contribution in [-0.2, 0) is 0 Å². The number of nitrogens with one attached hydrogen (secondary N) is 1. The van der Waals surface area contributed by atoms with Crippen molar-refractivity contribution in [1.29, 1.82) is 0 Å². The number of aryl methyl sites for hydroxylation is 2. The Morgan fingerprint density at radius 2 is 1.89 bits per heavy atom. The monoisotopic (exact) mass is 265 g/mol. The van der Waals surface area contributed by atoms with E-state index in [2.05, 4.69) is 37.4 Å². The maximum atomic E-state index is 5.81. The largest absolute Gasteiger partial charge is 0.461 e. The lowest BCUT2D eigenvalue weighted by molar-refractivity contribution is 0.462. The normalized spacial score (nSPS) is 16.8. The molecule has 1 saturated heterocycles. The number of rotatable bonds is 1. The summed E-state index contributed by atoms with van der Waals surface area (Å²) in [4.78, 5) is 0. The summed E-state index contributed by atoms with van der Waals surface area (Å²) in [5, 5.41) is 4.79. The molecule has 98 valence electrons. The van der Waals surface area contributed by atoms with Crippen molar-refractivity contribution in [2.24, 2.45) is 0 Å². The fourth-order valence-corrected chi connectivity index (χ4v) is 2.93. The van der Waals surface area contributed by atoms with Crippen LogP contribution in [0.4, 0.5) is 0 Å². The van der Waals surface area contributed by atoms with E-state index in [0.29, 0.717) is 5.92 Å². The van der Waals surface area contributed by atoms with Crippen LogP contribution in [0.25, 0.3) is 11.0 Å². The first-order valence-corrected chi connectivity index (χ1v) is 6.46. The molecule has 1 aliphatic rings. The SMILES string of the molecule is Cc1oc2cccc(C3CCNCC3)c2c1C.Cl. The second-order valence-electron chi connectivity index (χ2n) is 5.03. The first kappa shape index (κ1) is 13.4. The van der Waals surface area contributed by atoms with E-state index in [9.17, 15) is 0 Å². The van der Waals surface area contributed by atoms with Gasteiger partial charge in [0, 0.05) is 5.39 Å². The Labute approximate surface area is 114 Å². The minimum atomic E-state index is 0. The van der Waals surface area contributed by atoms with Crippen LogP contribution in [0.2, 0.25) is 0 Å². The second-order valence-corrected chi connectivity index (χ2v) is 5.03. The maximum absolute atomic E-state index is 5.81. The summed E-state index contributed by atoms with van der Waals surface area (Å²) in [5.74, 6) is 1.75. The zero-order valence-corrected chi connectivity index (χ0v) is 11.8. The predicted molar refractivity (Wildman–Crippen MR) is 77.8 cm³/mol. The highest BCUT2D eigenvalue weighted by Crippen LogP contribution is 2.35. The van der Waals surface area contributed by atoms with Gasteiger partial charge in [0.05, 0.1) is 0 Å². The summed E-state index contributed by atoms with van der Waals surface area (Å²) < 4.78 is 5.81. The van der Waals surface area contributed by atoms with Gasteiger partial charge >= 0.3 is 0 Å². The Hall–Kier alpha value is -0.990. The highest BCUT2D eigenvalue weighted by atomic mass is 35.5. The standard InChI is InChI=1S/C15H19NO.ClH/c1-10-11(2)17-14-5-3-4-13(15(10)14)12-6-8-16-9-7-12;/h3-5,12,16H,6-9H2,1-2H3;1H. The number of hydrogen-bond acceptors (Lipinski definition) is 2. The molecule has 0 bridgehead atoms. The number of hydrogen-bond donors (Lipinski definition) is 1. The van der Waals surface area contributed by atoms with Gasteiger partial charge in [0.15, 0.2) is 0 Å². The molecule has 1 aromatic carbocycles. The lowest BCUT2D eigenvalue weighted by Gasteiger charge is -2.23. The zero-order chi connectivity index (χ0) is 11.8. The van der Waals surface area contributed by atoms with Gasteiger partial charge in [0.25, 0.3) is 0 Å². The number of fused-ring (bicyclic) bond motifs is 1. The van der Waals surface area contributed by atoms with Crippen molar-refractivity contribution >= 4 is 23.4 Å². The van der Waals surface area contributed by atoms with Crippen LogP contribution in [0.15, 0.2) is 22.6 Å². The molecule has 0 aliphatic carbocycles. The van der Waals surface area contributed by atoms with E-state index in [1.165, 1.54) is 29.4 Å². The fraction of sp³-hybridized carbons (Fsp3) is 0.467. The molecule has 18 heavy (non-hydrogen) atoms. The van der Waals surface area contributed by atoms with Gasteiger partial charge in [0.2, 0.25) is 0 Å². The molecule has 0 saturated carbocycles. The Balaban J connectivity index is 0.00000120. The van der Waals surface area contributed by atoms with Crippen LogP contribution < -0.4 is 5.32 Å². The third-order valence-electron chi connectivity index (χ3n) is 4.00. The Morgan fingerprint density at radius 3 is 2.61 bits per heavy atom. The maximum Gasteiger partial charge on any atom is 0.134 e. The van der Waals surface area contributed by atoms with Gasteiger partial charge in [-0.25, -0.2) is 0 Å². The summed E-state index contributed by atoms with van der Waals surface area (Å²) in [6, 6.07) is 6.49. The van der Waals surface area contributed by atoms with Gasteiger partial charge in [0.1, 0.15) is 11.3 Å². The first-order valence-electron chi connectivity index (χ1n) is 6.46. The highest BCUT2D eigenvalue weighted by molar-refractivity contribution is 5.86. The molecule has 3 rings (SSSR count). The number of furan rings is 1. The van der Waals surface area contributed by atoms with Gasteiger partial charge < -0.3 is 9.73 Å². The van der Waals surface area contributed by atoms with Gasteiger partial charge in [-0.1, -0.05) is 12.1 Å². The van der Waals surface area contributed by atoms with Gasteiger partial charge in [-0.05, 0) is 62.9 Å². The predicted octanol–water partition coefficient (Wildman–Crippen LogP) is 3.94. The molecule has 2 heterocycles. The van der Waals surface area contributed by atoms with Gasteiger partial charge in [-0.3, -0.25) is 0 Å². The molecule has 1 aromatic heterocycles. The van der Waals surface area contributed by atoms with E-state index in [0.717, 1.165) is 24.4 Å². The average molecular weight is 266 g/mol. The Kier molecular flexibility index (Phi) is 3.98. The van der Waals surface area contributed by atoms with Gasteiger partial charge in [-0.2, -0.15) is 0 Å². The smallest absolute Gasteiger partial charge is 0.134 e. The summed E-state index contributed by atoms with van der Waals surface area (Å²) in [6.45, 7) is 6.50. The lowest BCUT2D eigenvalue weighted by Crippen LogP contribution is -2.26. The molecule has 1 N–H and O–H groups in total. The van der Waals surface area contributed by atoms with Crippen molar-refractivity contribution < 1.29 is 4.42 Å². The van der Waals surface area contributed by atoms with Crippen molar-refractivity contribution in [3.05, 3.63) is 35.1 Å². The Morgan fingerprint density at radius 1 is 1.17 bits per heavy atom. The van der Waals surface area contributed by atoms with Crippen LogP contribution in [-0.4, -0.2) is 13.1 Å². The second kappa shape index (κ2) is 5.33. The molecule has 0 radical (unpaired) electrons. The molecule has 2 nitrogen and oxygen atoms in total. The highest BCUT2D eigenvalue weighted by Gasteiger charge is 2.20. The molecular formula is C15H20ClNO. The van der Waals surface area contributed by atoms with Crippen LogP contribution in [0, 0.1) is 13.8 Å². The zero-order valence-electron chi connectivity index (χ0n) is 11.0. The summed E-state index contributed by atoms with van der Waals surface area (Å²) in [5.41, 5.74) is 3.85. The minimum Gasteiger partial charge on any atom is -0.461 e. The Bertz CT molecular complexity index is 541. The summed E-state index contributed by atoms with van der Waals surface area (Å²) >= 11 is 0. The van der Waals surface area contributed by atoms with E-state index >= 15 is 0 Å². The number of benzene rings is 1. The van der Waals surface area contributed by atoms with E-state index in [4.69, 9.17) is 4.42 Å². The van der Waals surface area contributed by atoms with Crippen molar-refractivity contribution in [3.63, 3.8) is 0 Å². The third-order valence-corrected chi connectivity index (χ3v) is 4.00. The van der Waals surface area contributed by atoms with E-state index < -0.39 is 0 Å². The van der Waals surface area contributed by atoms with E-state index in [-0.39, 0.29) is 12.4 Å². The molecule has 0 unspecified atom stereocenters. The molecule has 3 heteroatoms. The van der Waals surface area contributed by atoms with Crippen LogP contribution in [0.5, 0.6) is 0 Å². The van der Waals surface area contributed by atoms with E-state index in [1.807, 2.05) is 0 Å². The molecule has 1 aliphatic heterocycles. The van der Waals surface area contributed by atoms with E-state index in [1.54, 1.807) is 0 Å². The van der Waals surface area contributed by atoms with Crippen molar-refractivity contribution in [2.75, 3.05) is 13.1 Å². The molecule has 1 fully saturated rings. The van der Waals surface area contributed by atoms with Crippen LogP contribution in [0.1, 0.15) is 35.6 Å². The first-order chi connectivity index (χ1) is 8.27. The van der Waals surface area contributed by atoms with Crippen molar-refractivity contribution in [3.8, 4) is 0 Å². The number of halogens is 1. The summed E-state index contributed by atoms with van der Waals surface area (Å²) in [6.07, 6.45) is 2.48. The van der Waals surface area contributed by atoms with Crippen LogP contribution in [0.3, 0.4) is 0 Å². The molecular weight excluding hydrogens is 246 g/mol. The molecule has 0 spiro atoms. The topological polar surface area (TPSA) is 25.2 Å². The van der Waals surface area contributed by atoms with Crippen LogP contribution >= 0.6 is 12.4 Å². The minimum absolute atomic E-state index is 0. The van der Waals surface area contributed by atoms with Crippen molar-refractivity contribution in [2.45, 2.75) is 32.6 Å². The molecule has 2 aromatic rings. The van der Waals surface area contributed by atoms with Gasteiger partial charge in [-0.15, -0.1) is 12.4 Å². The summed E-state index contributed by atoms with van der Waals surface area (Å²) in [7, 11) is 0. The van der Waals surface area contributed by atoms with Crippen molar-refractivity contribution in [1.82, 2.24) is 5.32 Å². The number of piperidine rings is 1. The fourth-order valence-electron chi connectivity index (χ4n) is 2.93.